The second kappa shape index (κ2) is 17.2. The Hall–Kier alpha value is -8.99. The highest BCUT2D eigenvalue weighted by Crippen LogP contribution is 2.46. The van der Waals surface area contributed by atoms with Gasteiger partial charge in [0.2, 0.25) is 0 Å². The van der Waals surface area contributed by atoms with Crippen molar-refractivity contribution in [1.29, 1.82) is 0 Å². The molecule has 0 atom stereocenters. The zero-order valence-corrected chi connectivity index (χ0v) is 36.5. The summed E-state index contributed by atoms with van der Waals surface area (Å²) < 4.78 is 2.20. The highest BCUT2D eigenvalue weighted by molar-refractivity contribution is 6.15. The largest absolute Gasteiger partial charge is 0.231 e. The van der Waals surface area contributed by atoms with Crippen molar-refractivity contribution in [2.45, 2.75) is 0 Å². The molecule has 0 saturated heterocycles. The van der Waals surface area contributed by atoms with Crippen molar-refractivity contribution < 1.29 is 0 Å². The minimum Gasteiger partial charge on any atom is -0.231 e. The first kappa shape index (κ1) is 39.6. The Balaban J connectivity index is 0.993. The van der Waals surface area contributed by atoms with Gasteiger partial charge in [0, 0.05) is 44.3 Å². The van der Waals surface area contributed by atoms with Crippen LogP contribution in [0.15, 0.2) is 255 Å². The predicted molar refractivity (Wildman–Crippen MR) is 277 cm³/mol. The van der Waals surface area contributed by atoms with E-state index < -0.39 is 0 Å². The molecule has 0 aliphatic rings. The maximum Gasteiger partial charge on any atom is 0.160 e. The highest BCUT2D eigenvalue weighted by Gasteiger charge is 2.25. The van der Waals surface area contributed by atoms with Crippen molar-refractivity contribution in [3.8, 4) is 101 Å². The maximum absolute atomic E-state index is 5.55. The lowest BCUT2D eigenvalue weighted by Gasteiger charge is -2.18. The van der Waals surface area contributed by atoms with E-state index in [-0.39, 0.29) is 0 Å². The summed E-state index contributed by atoms with van der Waals surface area (Å²) in [5.74, 6) is 0.677. The Labute approximate surface area is 389 Å². The molecular formula is C63H42N4. The van der Waals surface area contributed by atoms with Gasteiger partial charge in [0.25, 0.3) is 0 Å². The second-order valence-electron chi connectivity index (χ2n) is 16.8. The molecule has 0 fully saturated rings. The number of benzene rings is 9. The van der Waals surface area contributed by atoms with Crippen LogP contribution in [0, 0.1) is 0 Å². The van der Waals surface area contributed by atoms with E-state index in [1.807, 2.05) is 12.1 Å². The van der Waals surface area contributed by atoms with Crippen LogP contribution < -0.4 is 0 Å². The molecule has 4 heteroatoms. The molecule has 314 valence electrons. The molecule has 9 aromatic carbocycles. The van der Waals surface area contributed by atoms with Crippen molar-refractivity contribution >= 4 is 16.3 Å². The molecule has 0 aliphatic heterocycles. The van der Waals surface area contributed by atoms with E-state index in [0.717, 1.165) is 100 Å². The topological polar surface area (TPSA) is 43.1 Å². The van der Waals surface area contributed by atoms with Crippen molar-refractivity contribution in [2.24, 2.45) is 0 Å². The predicted octanol–water partition coefficient (Wildman–Crippen LogP) is 16.3. The Morgan fingerprint density at radius 3 is 1.31 bits per heavy atom. The summed E-state index contributed by atoms with van der Waals surface area (Å²) in [5, 5.41) is 7.86. The van der Waals surface area contributed by atoms with Gasteiger partial charge in [-0.1, -0.05) is 237 Å². The fraction of sp³-hybridized carbons (Fsp3) is 0. The SMILES string of the molecule is c1ccc(-c2cccc(-c3cc(-c4ccccc4)nc(-c4cccc(-c5ccc(-c6c(-c7ccccc7)n7nc(-c8ccccc8)c(-c8ccccc8)c7c7ccccc67)cc5)c4)n3)c2)cc1. The average molecular weight is 855 g/mol. The first-order chi connectivity index (χ1) is 33.2. The third kappa shape index (κ3) is 7.47. The quantitative estimate of drug-likeness (QED) is 0.145. The molecule has 67 heavy (non-hydrogen) atoms. The molecule has 0 unspecified atom stereocenters. The van der Waals surface area contributed by atoms with Gasteiger partial charge in [0.1, 0.15) is 5.69 Å². The summed E-state index contributed by atoms with van der Waals surface area (Å²) in [6.45, 7) is 0. The van der Waals surface area contributed by atoms with Crippen LogP contribution in [-0.2, 0) is 0 Å². The van der Waals surface area contributed by atoms with Crippen LogP contribution in [0.3, 0.4) is 0 Å². The van der Waals surface area contributed by atoms with E-state index in [9.17, 15) is 0 Å². The molecule has 4 nitrogen and oxygen atoms in total. The molecule has 0 amide bonds. The summed E-state index contributed by atoms with van der Waals surface area (Å²) in [4.78, 5) is 10.4. The van der Waals surface area contributed by atoms with Crippen molar-refractivity contribution in [3.05, 3.63) is 255 Å². The van der Waals surface area contributed by atoms with Crippen LogP contribution >= 0.6 is 0 Å². The van der Waals surface area contributed by atoms with Gasteiger partial charge >= 0.3 is 0 Å². The monoisotopic (exact) mass is 854 g/mol. The molecule has 3 heterocycles. The summed E-state index contributed by atoms with van der Waals surface area (Å²) in [5.41, 5.74) is 19.0. The van der Waals surface area contributed by atoms with Crippen LogP contribution in [0.25, 0.3) is 117 Å². The fourth-order valence-electron chi connectivity index (χ4n) is 9.44. The minimum absolute atomic E-state index is 0.677. The summed E-state index contributed by atoms with van der Waals surface area (Å²) >= 11 is 0. The molecule has 0 saturated carbocycles. The molecule has 3 aromatic heterocycles. The number of pyridine rings is 1. The van der Waals surface area contributed by atoms with Crippen LogP contribution in [0.1, 0.15) is 0 Å². The van der Waals surface area contributed by atoms with Gasteiger partial charge in [-0.3, -0.25) is 0 Å². The second-order valence-corrected chi connectivity index (χ2v) is 16.8. The van der Waals surface area contributed by atoms with Crippen molar-refractivity contribution in [1.82, 2.24) is 19.6 Å². The highest BCUT2D eigenvalue weighted by atomic mass is 15.2. The van der Waals surface area contributed by atoms with E-state index in [0.29, 0.717) is 5.82 Å². The minimum atomic E-state index is 0.677. The van der Waals surface area contributed by atoms with Crippen molar-refractivity contribution in [3.63, 3.8) is 0 Å². The lowest BCUT2D eigenvalue weighted by molar-refractivity contribution is 0.981. The number of hydrogen-bond acceptors (Lipinski definition) is 3. The number of aromatic nitrogens is 4. The molecule has 12 rings (SSSR count). The summed E-state index contributed by atoms with van der Waals surface area (Å²) in [6.07, 6.45) is 0. The first-order valence-corrected chi connectivity index (χ1v) is 22.7. The van der Waals surface area contributed by atoms with E-state index in [1.54, 1.807) is 0 Å². The van der Waals surface area contributed by atoms with E-state index >= 15 is 0 Å². The smallest absolute Gasteiger partial charge is 0.160 e. The van der Waals surface area contributed by atoms with Gasteiger partial charge in [0.15, 0.2) is 5.82 Å². The third-order valence-electron chi connectivity index (χ3n) is 12.6. The van der Waals surface area contributed by atoms with Crippen LogP contribution in [0.4, 0.5) is 0 Å². The fourth-order valence-corrected chi connectivity index (χ4v) is 9.44. The first-order valence-electron chi connectivity index (χ1n) is 22.7. The van der Waals surface area contributed by atoms with E-state index in [2.05, 4.69) is 247 Å². The standard InChI is InChI=1S/C63H42N4/c1-6-20-43(21-7-1)50-30-18-32-52(40-50)57-42-56(45-22-8-2-9-23-45)64-63(65-57)53-33-19-31-51(41-53)44-36-38-47(39-37-44)58-54-34-16-17-35-55(54)62-59(46-24-10-3-11-25-46)60(48-26-12-4-13-27-48)66-67(62)61(58)49-28-14-5-15-29-49/h1-42H. The zero-order chi connectivity index (χ0) is 44.5. The Kier molecular flexibility index (Phi) is 10.2. The Morgan fingerprint density at radius 2 is 0.687 bits per heavy atom. The lowest BCUT2D eigenvalue weighted by atomic mass is 9.90. The van der Waals surface area contributed by atoms with Gasteiger partial charge in [-0.15, -0.1) is 0 Å². The number of nitrogens with zero attached hydrogens (tertiary/aromatic N) is 4. The lowest BCUT2D eigenvalue weighted by Crippen LogP contribution is -2.00. The maximum atomic E-state index is 5.55. The molecule has 0 spiro atoms. The van der Waals surface area contributed by atoms with Gasteiger partial charge in [0.05, 0.1) is 22.6 Å². The van der Waals surface area contributed by atoms with Crippen LogP contribution in [0.5, 0.6) is 0 Å². The molecule has 0 N–H and O–H groups in total. The molecule has 0 radical (unpaired) electrons. The zero-order valence-electron chi connectivity index (χ0n) is 36.5. The van der Waals surface area contributed by atoms with Gasteiger partial charge in [-0.05, 0) is 57.0 Å². The normalized spacial score (nSPS) is 11.3. The number of fused-ring (bicyclic) bond motifs is 3. The molecular weight excluding hydrogens is 813 g/mol. The number of hydrogen-bond donors (Lipinski definition) is 0. The summed E-state index contributed by atoms with van der Waals surface area (Å²) in [7, 11) is 0. The Bertz CT molecular complexity index is 3700. The van der Waals surface area contributed by atoms with E-state index in [1.165, 1.54) is 10.9 Å². The van der Waals surface area contributed by atoms with Gasteiger partial charge in [-0.25, -0.2) is 14.5 Å². The van der Waals surface area contributed by atoms with Crippen LogP contribution in [-0.4, -0.2) is 19.6 Å². The molecule has 0 bridgehead atoms. The Morgan fingerprint density at radius 1 is 0.269 bits per heavy atom. The average Bonchev–Trinajstić information content (AvgIpc) is 3.83. The van der Waals surface area contributed by atoms with Gasteiger partial charge < -0.3 is 0 Å². The summed E-state index contributed by atoms with van der Waals surface area (Å²) in [6, 6.07) is 89.8. The third-order valence-corrected chi connectivity index (χ3v) is 12.6. The molecule has 12 aromatic rings. The van der Waals surface area contributed by atoms with Crippen molar-refractivity contribution in [2.75, 3.05) is 0 Å². The number of rotatable bonds is 9. The molecule has 0 aliphatic carbocycles. The van der Waals surface area contributed by atoms with Gasteiger partial charge in [-0.2, -0.15) is 5.10 Å². The van der Waals surface area contributed by atoms with Crippen LogP contribution in [0.2, 0.25) is 0 Å². The van der Waals surface area contributed by atoms with E-state index in [4.69, 9.17) is 15.1 Å².